The smallest absolute Gasteiger partial charge is 0.407 e. The molecule has 252 valence electrons. The van der Waals surface area contributed by atoms with Crippen molar-refractivity contribution in [3.05, 3.63) is 162 Å². The van der Waals surface area contributed by atoms with Gasteiger partial charge in [-0.15, -0.1) is 0 Å². The highest BCUT2D eigenvalue weighted by Crippen LogP contribution is 2.40. The first-order valence-corrected chi connectivity index (χ1v) is 16.4. The van der Waals surface area contributed by atoms with E-state index in [2.05, 4.69) is 56.9 Å². The van der Waals surface area contributed by atoms with E-state index in [9.17, 15) is 14.4 Å². The van der Waals surface area contributed by atoms with Crippen molar-refractivity contribution >= 4 is 17.9 Å². The normalized spacial score (nSPS) is 12.1. The number of hydrogen-bond acceptors (Lipinski definition) is 5. The maximum atomic E-state index is 13.6. The molecule has 3 amide bonds. The summed E-state index contributed by atoms with van der Waals surface area (Å²) in [6, 6.07) is 39.4. The van der Waals surface area contributed by atoms with Crippen molar-refractivity contribution in [2.24, 2.45) is 0 Å². The first kappa shape index (κ1) is 34.6. The van der Waals surface area contributed by atoms with Gasteiger partial charge in [0.15, 0.2) is 0 Å². The number of carbonyl (C=O) groups excluding carboxylic acids is 3. The van der Waals surface area contributed by atoms with Gasteiger partial charge < -0.3 is 25.3 Å². The Bertz CT molecular complexity index is 1710. The Morgan fingerprint density at radius 3 is 1.76 bits per heavy atom. The van der Waals surface area contributed by atoms with Crippen LogP contribution in [0.25, 0.3) is 0 Å². The first-order valence-electron chi connectivity index (χ1n) is 16.4. The van der Waals surface area contributed by atoms with Gasteiger partial charge in [0.1, 0.15) is 17.2 Å². The number of nitrogens with one attached hydrogen (secondary N) is 3. The summed E-state index contributed by atoms with van der Waals surface area (Å²) in [6.07, 6.45) is 3.23. The molecular formula is C40H43N5O4. The fourth-order valence-corrected chi connectivity index (χ4v) is 5.82. The fourth-order valence-electron chi connectivity index (χ4n) is 5.82. The molecule has 5 aromatic rings. The average molecular weight is 658 g/mol. The van der Waals surface area contributed by atoms with Gasteiger partial charge in [-0.1, -0.05) is 121 Å². The van der Waals surface area contributed by atoms with Gasteiger partial charge in [-0.3, -0.25) is 9.59 Å². The minimum Gasteiger partial charge on any atom is -0.444 e. The number of amides is 3. The summed E-state index contributed by atoms with van der Waals surface area (Å²) >= 11 is 0. The van der Waals surface area contributed by atoms with Crippen LogP contribution in [0, 0.1) is 0 Å². The summed E-state index contributed by atoms with van der Waals surface area (Å²) in [5.74, 6) is -0.727. The Labute approximate surface area is 287 Å². The van der Waals surface area contributed by atoms with Crippen molar-refractivity contribution in [2.45, 2.75) is 57.3 Å². The molecule has 0 saturated heterocycles. The minimum atomic E-state index is -0.916. The van der Waals surface area contributed by atoms with E-state index in [4.69, 9.17) is 9.72 Å². The van der Waals surface area contributed by atoms with Gasteiger partial charge in [0.2, 0.25) is 11.8 Å². The van der Waals surface area contributed by atoms with E-state index in [0.717, 1.165) is 22.3 Å². The van der Waals surface area contributed by atoms with E-state index in [1.807, 2.05) is 91.1 Å². The molecule has 9 heteroatoms. The van der Waals surface area contributed by atoms with E-state index < -0.39 is 23.3 Å². The van der Waals surface area contributed by atoms with E-state index in [1.54, 1.807) is 27.1 Å². The molecule has 1 atom stereocenters. The number of rotatable bonds is 13. The van der Waals surface area contributed by atoms with Gasteiger partial charge >= 0.3 is 6.09 Å². The third kappa shape index (κ3) is 9.01. The Balaban J connectivity index is 1.43. The zero-order valence-corrected chi connectivity index (χ0v) is 28.1. The number of ether oxygens (including phenoxy) is 1. The molecule has 4 aromatic carbocycles. The van der Waals surface area contributed by atoms with Gasteiger partial charge in [-0.25, -0.2) is 9.78 Å². The van der Waals surface area contributed by atoms with E-state index in [-0.39, 0.29) is 31.2 Å². The molecule has 3 N–H and O–H groups in total. The molecule has 1 aromatic heterocycles. The van der Waals surface area contributed by atoms with Crippen molar-refractivity contribution in [3.8, 4) is 0 Å². The molecule has 0 aliphatic carbocycles. The highest BCUT2D eigenvalue weighted by molar-refractivity contribution is 5.88. The van der Waals surface area contributed by atoms with Crippen LogP contribution >= 0.6 is 0 Å². The van der Waals surface area contributed by atoms with Crippen molar-refractivity contribution < 1.29 is 19.1 Å². The zero-order chi connectivity index (χ0) is 34.7. The third-order valence-electron chi connectivity index (χ3n) is 7.99. The Morgan fingerprint density at radius 2 is 1.24 bits per heavy atom. The number of hydrogen-bond donors (Lipinski definition) is 3. The summed E-state index contributed by atoms with van der Waals surface area (Å²) < 4.78 is 7.34. The van der Waals surface area contributed by atoms with Crippen molar-refractivity contribution in [1.82, 2.24) is 25.5 Å². The molecule has 0 unspecified atom stereocenters. The first-order chi connectivity index (χ1) is 23.6. The molecule has 1 heterocycles. The number of aromatic nitrogens is 2. The predicted molar refractivity (Wildman–Crippen MR) is 190 cm³/mol. The van der Waals surface area contributed by atoms with Crippen LogP contribution in [0.5, 0.6) is 0 Å². The molecule has 9 nitrogen and oxygen atoms in total. The number of carbonyl (C=O) groups is 3. The zero-order valence-electron chi connectivity index (χ0n) is 28.1. The predicted octanol–water partition coefficient (Wildman–Crippen LogP) is 5.98. The molecular weight excluding hydrogens is 614 g/mol. The molecule has 0 radical (unpaired) electrons. The van der Waals surface area contributed by atoms with Crippen LogP contribution in [0.15, 0.2) is 134 Å². The van der Waals surface area contributed by atoms with Gasteiger partial charge in [0.05, 0.1) is 12.0 Å². The summed E-state index contributed by atoms with van der Waals surface area (Å²) in [6.45, 7) is 5.66. The van der Waals surface area contributed by atoms with Crippen molar-refractivity contribution in [2.75, 3.05) is 6.54 Å². The van der Waals surface area contributed by atoms with Crippen LogP contribution in [0.2, 0.25) is 0 Å². The van der Waals surface area contributed by atoms with Gasteiger partial charge in [0, 0.05) is 32.1 Å². The Hall–Kier alpha value is -5.70. The molecule has 0 bridgehead atoms. The largest absolute Gasteiger partial charge is 0.444 e. The van der Waals surface area contributed by atoms with Crippen LogP contribution in [0.1, 0.15) is 55.1 Å². The second-order valence-corrected chi connectivity index (χ2v) is 12.8. The van der Waals surface area contributed by atoms with Crippen LogP contribution in [0.3, 0.4) is 0 Å². The van der Waals surface area contributed by atoms with E-state index in [0.29, 0.717) is 12.2 Å². The lowest BCUT2D eigenvalue weighted by atomic mass is 9.77. The van der Waals surface area contributed by atoms with Gasteiger partial charge in [0.25, 0.3) is 0 Å². The number of imidazole rings is 1. The number of nitrogens with zero attached hydrogens (tertiary/aromatic N) is 2. The lowest BCUT2D eigenvalue weighted by molar-refractivity contribution is -0.129. The monoisotopic (exact) mass is 657 g/mol. The lowest BCUT2D eigenvalue weighted by Crippen LogP contribution is -2.48. The maximum Gasteiger partial charge on any atom is 0.407 e. The highest BCUT2D eigenvalue weighted by atomic mass is 16.6. The molecule has 0 aliphatic rings. The SMILES string of the molecule is CC(C)(C)OC(=O)NCCC(=O)N[C@@H](Cc1cn(C(c2ccccc2)(c2ccccc2)c2ccccc2)cn1)C(=O)NCc1ccccc1. The van der Waals surface area contributed by atoms with E-state index >= 15 is 0 Å². The standard InChI is InChI=1S/C40H43N5O4/c1-39(2,3)49-38(48)41-25-24-36(46)44-35(37(47)42-27-30-16-8-4-9-17-30)26-34-28-45(29-43-34)40(31-18-10-5-11-19-31,32-20-12-6-13-21-32)33-22-14-7-15-23-33/h4-23,28-29,35H,24-27H2,1-3H3,(H,41,48)(H,42,47)(H,44,46)/t35-/m0/s1. The summed E-state index contributed by atoms with van der Waals surface area (Å²) in [5, 5.41) is 8.43. The maximum absolute atomic E-state index is 13.6. The Kier molecular flexibility index (Phi) is 11.3. The van der Waals surface area contributed by atoms with Crippen LogP contribution < -0.4 is 16.0 Å². The van der Waals surface area contributed by atoms with E-state index in [1.165, 1.54) is 0 Å². The minimum absolute atomic E-state index is 0.0325. The molecule has 0 saturated carbocycles. The van der Waals surface area contributed by atoms with Crippen LogP contribution in [-0.2, 0) is 32.8 Å². The molecule has 0 spiro atoms. The topological polar surface area (TPSA) is 114 Å². The van der Waals surface area contributed by atoms with Gasteiger partial charge in [-0.2, -0.15) is 0 Å². The van der Waals surface area contributed by atoms with Gasteiger partial charge in [-0.05, 0) is 43.0 Å². The van der Waals surface area contributed by atoms with Crippen molar-refractivity contribution in [1.29, 1.82) is 0 Å². The molecule has 49 heavy (non-hydrogen) atoms. The third-order valence-corrected chi connectivity index (χ3v) is 7.99. The molecule has 0 aliphatic heterocycles. The summed E-state index contributed by atoms with van der Waals surface area (Å²) in [4.78, 5) is 43.6. The van der Waals surface area contributed by atoms with Crippen LogP contribution in [0.4, 0.5) is 4.79 Å². The number of alkyl carbamates (subject to hydrolysis) is 1. The molecule has 0 fully saturated rings. The van der Waals surface area contributed by atoms with Crippen molar-refractivity contribution in [3.63, 3.8) is 0 Å². The van der Waals surface area contributed by atoms with Crippen LogP contribution in [-0.4, -0.2) is 45.6 Å². The second-order valence-electron chi connectivity index (χ2n) is 12.8. The average Bonchev–Trinajstić information content (AvgIpc) is 3.57. The highest BCUT2D eigenvalue weighted by Gasteiger charge is 2.38. The fraction of sp³-hybridized carbons (Fsp3) is 0.250. The summed E-state index contributed by atoms with van der Waals surface area (Å²) in [7, 11) is 0. The lowest BCUT2D eigenvalue weighted by Gasteiger charge is -2.37. The number of benzene rings is 4. The molecule has 5 rings (SSSR count). The summed E-state index contributed by atoms with van der Waals surface area (Å²) in [5.41, 5.74) is 3.26. The quantitative estimate of drug-likeness (QED) is 0.135. The Morgan fingerprint density at radius 1 is 0.735 bits per heavy atom. The second kappa shape index (κ2) is 15.9.